The normalized spacial score (nSPS) is 15.9. The van der Waals surface area contributed by atoms with Crippen LogP contribution >= 0.6 is 0 Å². The third-order valence-electron chi connectivity index (χ3n) is 4.57. The van der Waals surface area contributed by atoms with Crippen molar-refractivity contribution in [1.82, 2.24) is 15.2 Å². The van der Waals surface area contributed by atoms with E-state index in [9.17, 15) is 4.79 Å². The second-order valence-electron chi connectivity index (χ2n) is 6.85. The van der Waals surface area contributed by atoms with Gasteiger partial charge in [0, 0.05) is 24.5 Å². The highest BCUT2D eigenvalue weighted by Gasteiger charge is 2.26. The van der Waals surface area contributed by atoms with Crippen molar-refractivity contribution in [2.24, 2.45) is 0 Å². The summed E-state index contributed by atoms with van der Waals surface area (Å²) in [6.07, 6.45) is 4.88. The Labute approximate surface area is 137 Å². The lowest BCUT2D eigenvalue weighted by atomic mass is 9.94. The predicted molar refractivity (Wildman–Crippen MR) is 93.2 cm³/mol. The summed E-state index contributed by atoms with van der Waals surface area (Å²) in [6, 6.07) is 10.2. The van der Waals surface area contributed by atoms with Crippen molar-refractivity contribution in [2.45, 2.75) is 38.6 Å². The summed E-state index contributed by atoms with van der Waals surface area (Å²) in [4.78, 5) is 19.3. The van der Waals surface area contributed by atoms with E-state index in [-0.39, 0.29) is 5.91 Å². The third-order valence-corrected chi connectivity index (χ3v) is 4.57. The molecule has 4 heteroatoms. The van der Waals surface area contributed by atoms with Gasteiger partial charge in [0.05, 0.1) is 11.2 Å². The quantitative estimate of drug-likeness (QED) is 0.923. The molecule has 1 aromatic heterocycles. The van der Waals surface area contributed by atoms with Crippen LogP contribution in [-0.4, -0.2) is 35.4 Å². The number of amides is 1. The molecule has 0 aliphatic carbocycles. The molecule has 1 aliphatic rings. The fourth-order valence-corrected chi connectivity index (χ4v) is 3.35. The van der Waals surface area contributed by atoms with Crippen molar-refractivity contribution >= 4 is 16.7 Å². The van der Waals surface area contributed by atoms with Gasteiger partial charge in [0.2, 0.25) is 5.91 Å². The maximum absolute atomic E-state index is 12.4. The molecule has 3 rings (SSSR count). The van der Waals surface area contributed by atoms with Gasteiger partial charge in [0.15, 0.2) is 0 Å². The molecule has 122 valence electrons. The summed E-state index contributed by atoms with van der Waals surface area (Å²) >= 11 is 0. The van der Waals surface area contributed by atoms with Crippen LogP contribution in [0.15, 0.2) is 36.5 Å². The number of nitrogens with one attached hydrogen (secondary N) is 1. The van der Waals surface area contributed by atoms with Crippen LogP contribution < -0.4 is 5.32 Å². The van der Waals surface area contributed by atoms with Crippen molar-refractivity contribution in [1.29, 1.82) is 0 Å². The van der Waals surface area contributed by atoms with Crippen molar-refractivity contribution in [3.63, 3.8) is 0 Å². The zero-order valence-corrected chi connectivity index (χ0v) is 14.0. The smallest absolute Gasteiger partial charge is 0.222 e. The third kappa shape index (κ3) is 3.70. The van der Waals surface area contributed by atoms with E-state index in [4.69, 9.17) is 0 Å². The number of likely N-dealkylation sites (tertiary alicyclic amines) is 1. The Morgan fingerprint density at radius 3 is 2.74 bits per heavy atom. The number of fused-ring (bicyclic) bond motifs is 1. The van der Waals surface area contributed by atoms with Crippen molar-refractivity contribution in [3.05, 3.63) is 42.2 Å². The van der Waals surface area contributed by atoms with Crippen LogP contribution in [0, 0.1) is 0 Å². The summed E-state index contributed by atoms with van der Waals surface area (Å²) in [6.45, 7) is 7.15. The summed E-state index contributed by atoms with van der Waals surface area (Å²) < 4.78 is 0. The largest absolute Gasteiger partial charge is 0.346 e. The monoisotopic (exact) mass is 311 g/mol. The lowest BCUT2D eigenvalue weighted by Gasteiger charge is -2.27. The number of carbonyl (C=O) groups excluding carboxylic acids is 1. The van der Waals surface area contributed by atoms with Gasteiger partial charge in [-0.15, -0.1) is 0 Å². The summed E-state index contributed by atoms with van der Waals surface area (Å²) in [5.74, 6) is 0.0941. The van der Waals surface area contributed by atoms with Crippen LogP contribution in [0.25, 0.3) is 10.8 Å². The Hall–Kier alpha value is -1.94. The van der Waals surface area contributed by atoms with Crippen molar-refractivity contribution in [2.75, 3.05) is 19.6 Å². The fourth-order valence-electron chi connectivity index (χ4n) is 3.35. The number of nitrogens with zero attached hydrogens (tertiary/aromatic N) is 2. The number of rotatable bonds is 5. The summed E-state index contributed by atoms with van der Waals surface area (Å²) in [5, 5.41) is 5.41. The molecule has 0 bridgehead atoms. The van der Waals surface area contributed by atoms with Crippen LogP contribution in [0.5, 0.6) is 0 Å². The molecule has 0 atom stereocenters. The van der Waals surface area contributed by atoms with E-state index in [0.29, 0.717) is 6.42 Å². The molecule has 1 saturated heterocycles. The van der Waals surface area contributed by atoms with Gasteiger partial charge in [-0.1, -0.05) is 24.3 Å². The molecule has 4 nitrogen and oxygen atoms in total. The number of carbonyl (C=O) groups is 1. The van der Waals surface area contributed by atoms with Crippen LogP contribution in [0.2, 0.25) is 0 Å². The standard InChI is InChI=1S/C19H25N3O/c1-19(2,21-17(23)10-14-22-12-5-6-13-22)18-16-8-4-3-7-15(16)9-11-20-18/h3-4,7-9,11H,5-6,10,12-14H2,1-2H3,(H,21,23). The molecule has 0 unspecified atom stereocenters. The van der Waals surface area contributed by atoms with E-state index in [1.54, 1.807) is 0 Å². The van der Waals surface area contributed by atoms with E-state index in [1.807, 2.05) is 38.2 Å². The topological polar surface area (TPSA) is 45.2 Å². The van der Waals surface area contributed by atoms with Gasteiger partial charge in [-0.25, -0.2) is 0 Å². The Balaban J connectivity index is 1.71. The average molecular weight is 311 g/mol. The molecule has 1 amide bonds. The molecule has 2 aromatic rings. The highest BCUT2D eigenvalue weighted by atomic mass is 16.1. The first kappa shape index (κ1) is 15.9. The van der Waals surface area contributed by atoms with Crippen LogP contribution in [0.3, 0.4) is 0 Å². The Kier molecular flexibility index (Phi) is 4.62. The Bertz CT molecular complexity index is 685. The van der Waals surface area contributed by atoms with Gasteiger partial charge in [0.1, 0.15) is 0 Å². The van der Waals surface area contributed by atoms with Gasteiger partial charge < -0.3 is 10.2 Å². The number of pyridine rings is 1. The maximum Gasteiger partial charge on any atom is 0.222 e. The van der Waals surface area contributed by atoms with E-state index in [0.717, 1.165) is 36.1 Å². The van der Waals surface area contributed by atoms with Crippen LogP contribution in [-0.2, 0) is 10.3 Å². The van der Waals surface area contributed by atoms with Crippen LogP contribution in [0.4, 0.5) is 0 Å². The molecule has 0 saturated carbocycles. The molecular formula is C19H25N3O. The van der Waals surface area contributed by atoms with Crippen molar-refractivity contribution in [3.8, 4) is 0 Å². The maximum atomic E-state index is 12.4. The molecule has 1 fully saturated rings. The summed E-state index contributed by atoms with van der Waals surface area (Å²) in [5.41, 5.74) is 0.438. The number of hydrogen-bond acceptors (Lipinski definition) is 3. The van der Waals surface area contributed by atoms with Crippen LogP contribution in [0.1, 0.15) is 38.8 Å². The zero-order valence-electron chi connectivity index (χ0n) is 14.0. The van der Waals surface area contributed by atoms with Crippen molar-refractivity contribution < 1.29 is 4.79 Å². The van der Waals surface area contributed by atoms with Gasteiger partial charge in [-0.3, -0.25) is 9.78 Å². The number of aromatic nitrogens is 1. The summed E-state index contributed by atoms with van der Waals surface area (Å²) in [7, 11) is 0. The zero-order chi connectivity index (χ0) is 16.3. The lowest BCUT2D eigenvalue weighted by Crippen LogP contribution is -2.42. The first-order valence-electron chi connectivity index (χ1n) is 8.44. The molecule has 0 spiro atoms. The highest BCUT2D eigenvalue weighted by Crippen LogP contribution is 2.26. The number of benzene rings is 1. The Morgan fingerprint density at radius 2 is 1.96 bits per heavy atom. The van der Waals surface area contributed by atoms with E-state index < -0.39 is 5.54 Å². The van der Waals surface area contributed by atoms with Gasteiger partial charge in [-0.2, -0.15) is 0 Å². The molecule has 1 aromatic carbocycles. The van der Waals surface area contributed by atoms with E-state index in [1.165, 1.54) is 12.8 Å². The first-order valence-corrected chi connectivity index (χ1v) is 8.44. The SMILES string of the molecule is CC(C)(NC(=O)CCN1CCCC1)c1nccc2ccccc12. The second-order valence-corrected chi connectivity index (χ2v) is 6.85. The minimum Gasteiger partial charge on any atom is -0.346 e. The Morgan fingerprint density at radius 1 is 1.22 bits per heavy atom. The second kappa shape index (κ2) is 6.67. The first-order chi connectivity index (χ1) is 11.1. The minimum absolute atomic E-state index is 0.0941. The molecule has 1 N–H and O–H groups in total. The van der Waals surface area contributed by atoms with Gasteiger partial charge >= 0.3 is 0 Å². The molecule has 1 aliphatic heterocycles. The highest BCUT2D eigenvalue weighted by molar-refractivity contribution is 5.86. The lowest BCUT2D eigenvalue weighted by molar-refractivity contribution is -0.123. The molecule has 2 heterocycles. The van der Waals surface area contributed by atoms with Gasteiger partial charge in [-0.05, 0) is 51.2 Å². The molecule has 23 heavy (non-hydrogen) atoms. The van der Waals surface area contributed by atoms with Gasteiger partial charge in [0.25, 0.3) is 0 Å². The average Bonchev–Trinajstić information content (AvgIpc) is 3.05. The predicted octanol–water partition coefficient (Wildman–Crippen LogP) is 3.07. The number of hydrogen-bond donors (Lipinski definition) is 1. The molecular weight excluding hydrogens is 286 g/mol. The van der Waals surface area contributed by atoms with E-state index in [2.05, 4.69) is 27.3 Å². The minimum atomic E-state index is -0.483. The fraction of sp³-hybridized carbons (Fsp3) is 0.474. The molecule has 0 radical (unpaired) electrons. The van der Waals surface area contributed by atoms with E-state index >= 15 is 0 Å².